The lowest BCUT2D eigenvalue weighted by Crippen LogP contribution is -2.16. The van der Waals surface area contributed by atoms with Crippen LogP contribution in [0.2, 0.25) is 0 Å². The molecule has 3 rings (SSSR count). The van der Waals surface area contributed by atoms with Crippen molar-refractivity contribution in [3.8, 4) is 5.88 Å². The minimum Gasteiger partial charge on any atom is -0.478 e. The average Bonchev–Trinajstić information content (AvgIpc) is 3.03. The number of carbonyl (C=O) groups excluding carboxylic acids is 1. The summed E-state index contributed by atoms with van der Waals surface area (Å²) in [4.78, 5) is 30.0. The highest BCUT2D eigenvalue weighted by Gasteiger charge is 2.15. The monoisotopic (exact) mass is 340 g/mol. The second-order valence-corrected chi connectivity index (χ2v) is 5.78. The number of nitrogens with one attached hydrogen (secondary N) is 2. The molecule has 8 nitrogen and oxygen atoms in total. The van der Waals surface area contributed by atoms with Gasteiger partial charge in [0.05, 0.1) is 17.7 Å². The summed E-state index contributed by atoms with van der Waals surface area (Å²) >= 11 is 0. The van der Waals surface area contributed by atoms with Gasteiger partial charge in [0.1, 0.15) is 5.52 Å². The second-order valence-electron chi connectivity index (χ2n) is 5.78. The van der Waals surface area contributed by atoms with Crippen LogP contribution in [0.1, 0.15) is 16.8 Å². The molecule has 0 aromatic carbocycles. The first-order chi connectivity index (χ1) is 12.1. The maximum atomic E-state index is 12.4. The number of aromatic amines is 1. The number of ether oxygens (including phenoxy) is 1. The topological polar surface area (TPSA) is 96.0 Å². The maximum Gasteiger partial charge on any atom is 0.261 e. The summed E-state index contributed by atoms with van der Waals surface area (Å²) < 4.78 is 5.68. The minimum atomic E-state index is -0.324. The highest BCUT2D eigenvalue weighted by molar-refractivity contribution is 6.11. The summed E-state index contributed by atoms with van der Waals surface area (Å²) in [6, 6.07) is 5.32. The van der Waals surface area contributed by atoms with Crippen molar-refractivity contribution in [2.75, 3.05) is 32.6 Å². The minimum absolute atomic E-state index is 0.248. The Bertz CT molecular complexity index is 847. The fourth-order valence-electron chi connectivity index (χ4n) is 2.32. The van der Waals surface area contributed by atoms with Gasteiger partial charge in [-0.3, -0.25) is 10.1 Å². The van der Waals surface area contributed by atoms with E-state index in [1.807, 2.05) is 20.2 Å². The van der Waals surface area contributed by atoms with Crippen molar-refractivity contribution in [2.24, 2.45) is 0 Å². The first kappa shape index (κ1) is 16.8. The van der Waals surface area contributed by atoms with Crippen molar-refractivity contribution in [2.45, 2.75) is 6.42 Å². The summed E-state index contributed by atoms with van der Waals surface area (Å²) in [6.07, 6.45) is 5.65. The van der Waals surface area contributed by atoms with Crippen LogP contribution in [0.4, 0.5) is 5.95 Å². The van der Waals surface area contributed by atoms with Crippen LogP contribution < -0.4 is 10.1 Å². The lowest BCUT2D eigenvalue weighted by Gasteiger charge is -2.10. The van der Waals surface area contributed by atoms with E-state index in [2.05, 4.69) is 30.2 Å². The molecular formula is C17H20N6O2. The van der Waals surface area contributed by atoms with Crippen LogP contribution in [-0.4, -0.2) is 58.0 Å². The van der Waals surface area contributed by atoms with E-state index in [0.717, 1.165) is 18.5 Å². The van der Waals surface area contributed by atoms with Crippen molar-refractivity contribution < 1.29 is 9.53 Å². The Morgan fingerprint density at radius 1 is 1.28 bits per heavy atom. The van der Waals surface area contributed by atoms with Gasteiger partial charge in [-0.15, -0.1) is 0 Å². The third-order valence-electron chi connectivity index (χ3n) is 3.53. The molecule has 0 radical (unpaired) electrons. The van der Waals surface area contributed by atoms with Crippen LogP contribution in [0.5, 0.6) is 5.88 Å². The zero-order valence-corrected chi connectivity index (χ0v) is 14.2. The van der Waals surface area contributed by atoms with Crippen LogP contribution in [0.3, 0.4) is 0 Å². The molecule has 0 aliphatic heterocycles. The Morgan fingerprint density at radius 3 is 2.84 bits per heavy atom. The number of fused-ring (bicyclic) bond motifs is 1. The molecule has 0 fully saturated rings. The van der Waals surface area contributed by atoms with E-state index in [1.54, 1.807) is 30.7 Å². The third kappa shape index (κ3) is 4.30. The second kappa shape index (κ2) is 7.71. The summed E-state index contributed by atoms with van der Waals surface area (Å²) in [5.74, 6) is 0.420. The SMILES string of the molecule is CN(C)CCCOc1ccc2[nH]cc(C(=O)Nc3ncccn3)c2n1. The molecule has 8 heteroatoms. The van der Waals surface area contributed by atoms with Gasteiger partial charge < -0.3 is 14.6 Å². The molecular weight excluding hydrogens is 320 g/mol. The number of nitrogens with zero attached hydrogens (tertiary/aromatic N) is 4. The van der Waals surface area contributed by atoms with Crippen molar-refractivity contribution in [1.82, 2.24) is 24.8 Å². The van der Waals surface area contributed by atoms with Gasteiger partial charge in [-0.05, 0) is 32.6 Å². The van der Waals surface area contributed by atoms with E-state index in [4.69, 9.17) is 4.74 Å². The fourth-order valence-corrected chi connectivity index (χ4v) is 2.32. The van der Waals surface area contributed by atoms with Crippen LogP contribution in [0.25, 0.3) is 11.0 Å². The van der Waals surface area contributed by atoms with Gasteiger partial charge in [0.25, 0.3) is 5.91 Å². The Labute approximate surface area is 145 Å². The van der Waals surface area contributed by atoms with Gasteiger partial charge in [0, 0.05) is 31.2 Å². The predicted molar refractivity (Wildman–Crippen MR) is 94.7 cm³/mol. The van der Waals surface area contributed by atoms with E-state index in [0.29, 0.717) is 23.6 Å². The van der Waals surface area contributed by atoms with Crippen molar-refractivity contribution >= 4 is 22.9 Å². The molecule has 0 aliphatic rings. The number of hydrogen-bond donors (Lipinski definition) is 2. The average molecular weight is 340 g/mol. The zero-order valence-electron chi connectivity index (χ0n) is 14.2. The number of rotatable bonds is 7. The number of hydrogen-bond acceptors (Lipinski definition) is 6. The third-order valence-corrected chi connectivity index (χ3v) is 3.53. The molecule has 3 aromatic rings. The van der Waals surface area contributed by atoms with Crippen molar-refractivity contribution in [1.29, 1.82) is 0 Å². The number of pyridine rings is 1. The molecule has 3 aromatic heterocycles. The number of amides is 1. The van der Waals surface area contributed by atoms with E-state index < -0.39 is 0 Å². The summed E-state index contributed by atoms with van der Waals surface area (Å²) in [6.45, 7) is 1.51. The van der Waals surface area contributed by atoms with Crippen LogP contribution >= 0.6 is 0 Å². The Kier molecular flexibility index (Phi) is 5.20. The molecule has 0 saturated carbocycles. The molecule has 0 unspecified atom stereocenters. The van der Waals surface area contributed by atoms with E-state index >= 15 is 0 Å². The Hall–Kier alpha value is -3.00. The van der Waals surface area contributed by atoms with Crippen LogP contribution in [0.15, 0.2) is 36.8 Å². The highest BCUT2D eigenvalue weighted by atomic mass is 16.5. The fraction of sp³-hybridized carbons (Fsp3) is 0.294. The van der Waals surface area contributed by atoms with Gasteiger partial charge in [0.15, 0.2) is 0 Å². The summed E-state index contributed by atoms with van der Waals surface area (Å²) in [7, 11) is 4.04. The normalized spacial score (nSPS) is 11.0. The molecule has 1 amide bonds. The first-order valence-corrected chi connectivity index (χ1v) is 7.97. The van der Waals surface area contributed by atoms with E-state index in [-0.39, 0.29) is 11.9 Å². The molecule has 0 atom stereocenters. The molecule has 3 heterocycles. The number of aromatic nitrogens is 4. The van der Waals surface area contributed by atoms with Gasteiger partial charge in [-0.25, -0.2) is 15.0 Å². The molecule has 0 aliphatic carbocycles. The highest BCUT2D eigenvalue weighted by Crippen LogP contribution is 2.20. The zero-order chi connectivity index (χ0) is 17.6. The van der Waals surface area contributed by atoms with Gasteiger partial charge in [0.2, 0.25) is 11.8 Å². The molecule has 0 saturated heterocycles. The summed E-state index contributed by atoms with van der Waals surface area (Å²) in [5.41, 5.74) is 1.74. The molecule has 0 bridgehead atoms. The lowest BCUT2D eigenvalue weighted by atomic mass is 10.2. The number of anilines is 1. The van der Waals surface area contributed by atoms with E-state index in [1.165, 1.54) is 0 Å². The summed E-state index contributed by atoms with van der Waals surface area (Å²) in [5, 5.41) is 2.65. The Morgan fingerprint density at radius 2 is 2.08 bits per heavy atom. The molecule has 2 N–H and O–H groups in total. The van der Waals surface area contributed by atoms with Crippen LogP contribution in [0, 0.1) is 0 Å². The number of carbonyl (C=O) groups is 1. The van der Waals surface area contributed by atoms with Gasteiger partial charge >= 0.3 is 0 Å². The first-order valence-electron chi connectivity index (χ1n) is 7.97. The molecule has 25 heavy (non-hydrogen) atoms. The van der Waals surface area contributed by atoms with E-state index in [9.17, 15) is 4.79 Å². The maximum absolute atomic E-state index is 12.4. The van der Waals surface area contributed by atoms with Crippen molar-refractivity contribution in [3.63, 3.8) is 0 Å². The molecule has 0 spiro atoms. The van der Waals surface area contributed by atoms with Crippen LogP contribution in [-0.2, 0) is 0 Å². The van der Waals surface area contributed by atoms with Gasteiger partial charge in [-0.2, -0.15) is 0 Å². The smallest absolute Gasteiger partial charge is 0.261 e. The molecule has 130 valence electrons. The van der Waals surface area contributed by atoms with Gasteiger partial charge in [-0.1, -0.05) is 0 Å². The Balaban J connectivity index is 1.73. The lowest BCUT2D eigenvalue weighted by molar-refractivity contribution is 0.102. The standard InChI is InChI=1S/C17H20N6O2/c1-23(2)9-4-10-25-14-6-5-13-15(21-14)12(11-20-13)16(24)22-17-18-7-3-8-19-17/h3,5-8,11,20H,4,9-10H2,1-2H3,(H,18,19,22,24). The predicted octanol–water partition coefficient (Wildman–Crippen LogP) is 1.94. The quantitative estimate of drug-likeness (QED) is 0.638. The van der Waals surface area contributed by atoms with Crippen molar-refractivity contribution in [3.05, 3.63) is 42.4 Å². The largest absolute Gasteiger partial charge is 0.478 e. The number of H-pyrrole nitrogens is 1.